The molecule has 2 amide bonds. The van der Waals surface area contributed by atoms with Crippen LogP contribution in [0, 0.1) is 6.92 Å². The smallest absolute Gasteiger partial charge is 0.319 e. The van der Waals surface area contributed by atoms with Crippen LogP contribution in [0.5, 0.6) is 0 Å². The van der Waals surface area contributed by atoms with Gasteiger partial charge in [-0.25, -0.2) is 9.78 Å². The van der Waals surface area contributed by atoms with E-state index in [1.54, 1.807) is 19.0 Å². The average Bonchev–Trinajstić information content (AvgIpc) is 3.15. The number of hydrogen-bond acceptors (Lipinski definition) is 6. The number of carbonyl (C=O) groups is 1. The maximum Gasteiger partial charge on any atom is 0.319 e. The molecule has 1 saturated heterocycles. The van der Waals surface area contributed by atoms with Crippen LogP contribution in [-0.4, -0.2) is 58.1 Å². The quantitative estimate of drug-likeness (QED) is 0.849. The lowest BCUT2D eigenvalue weighted by Gasteiger charge is -2.32. The lowest BCUT2D eigenvalue weighted by Crippen LogP contribution is -2.43. The summed E-state index contributed by atoms with van der Waals surface area (Å²) in [5.74, 6) is 1.42. The molecule has 3 heterocycles. The Hall–Kier alpha value is -1.96. The zero-order chi connectivity index (χ0) is 15.7. The molecule has 1 aliphatic heterocycles. The number of urea groups is 1. The summed E-state index contributed by atoms with van der Waals surface area (Å²) >= 11 is 1.52. The van der Waals surface area contributed by atoms with Crippen LogP contribution in [-0.2, 0) is 0 Å². The minimum absolute atomic E-state index is 0.0583. The summed E-state index contributed by atoms with van der Waals surface area (Å²) < 4.78 is 5.40. The number of thiazole rings is 1. The topological polar surface area (TPSA) is 75.4 Å². The number of amides is 2. The van der Waals surface area contributed by atoms with E-state index in [9.17, 15) is 4.79 Å². The summed E-state index contributed by atoms with van der Waals surface area (Å²) in [5.41, 5.74) is 0.960. The van der Waals surface area contributed by atoms with Crippen LogP contribution in [0.4, 0.5) is 4.79 Å². The number of piperidine rings is 1. The Morgan fingerprint density at radius 3 is 2.68 bits per heavy atom. The second-order valence-corrected chi connectivity index (χ2v) is 6.55. The predicted octanol–water partition coefficient (Wildman–Crippen LogP) is 2.36. The molecule has 0 aliphatic carbocycles. The fourth-order valence-corrected chi connectivity index (χ4v) is 3.27. The molecule has 1 fully saturated rings. The van der Waals surface area contributed by atoms with Gasteiger partial charge < -0.3 is 14.3 Å². The summed E-state index contributed by atoms with van der Waals surface area (Å²) in [4.78, 5) is 24.2. The van der Waals surface area contributed by atoms with Crippen LogP contribution in [0.2, 0.25) is 0 Å². The van der Waals surface area contributed by atoms with Crippen LogP contribution < -0.4 is 0 Å². The molecule has 0 spiro atoms. The van der Waals surface area contributed by atoms with Gasteiger partial charge in [0.15, 0.2) is 5.01 Å². The molecule has 0 bridgehead atoms. The van der Waals surface area contributed by atoms with E-state index in [2.05, 4.69) is 15.1 Å². The fourth-order valence-electron chi connectivity index (χ4n) is 2.55. The van der Waals surface area contributed by atoms with Gasteiger partial charge in [-0.15, -0.1) is 11.3 Å². The fraction of sp³-hybridized carbons (Fsp3) is 0.571. The van der Waals surface area contributed by atoms with Gasteiger partial charge in [-0.3, -0.25) is 0 Å². The molecule has 2 aromatic rings. The van der Waals surface area contributed by atoms with Crippen molar-refractivity contribution >= 4 is 17.4 Å². The first-order valence-corrected chi connectivity index (χ1v) is 8.15. The van der Waals surface area contributed by atoms with Crippen molar-refractivity contribution in [3.63, 3.8) is 0 Å². The summed E-state index contributed by atoms with van der Waals surface area (Å²) in [6.07, 6.45) is 1.69. The van der Waals surface area contributed by atoms with E-state index >= 15 is 0 Å². The number of aryl methyl sites for hydroxylation is 1. The van der Waals surface area contributed by atoms with Gasteiger partial charge in [0.05, 0.1) is 0 Å². The molecule has 118 valence electrons. The molecule has 0 radical (unpaired) electrons. The van der Waals surface area contributed by atoms with Gasteiger partial charge >= 0.3 is 6.03 Å². The zero-order valence-corrected chi connectivity index (χ0v) is 13.8. The third-order valence-electron chi connectivity index (χ3n) is 3.75. The zero-order valence-electron chi connectivity index (χ0n) is 12.9. The van der Waals surface area contributed by atoms with Crippen LogP contribution in [0.1, 0.15) is 30.3 Å². The number of hydrogen-bond donors (Lipinski definition) is 0. The normalized spacial score (nSPS) is 16.0. The van der Waals surface area contributed by atoms with Crippen molar-refractivity contribution in [1.29, 1.82) is 0 Å². The van der Waals surface area contributed by atoms with E-state index in [4.69, 9.17) is 4.52 Å². The highest BCUT2D eigenvalue weighted by molar-refractivity contribution is 7.13. The van der Waals surface area contributed by atoms with Crippen molar-refractivity contribution in [2.24, 2.45) is 0 Å². The third kappa shape index (κ3) is 2.96. The number of carbonyl (C=O) groups excluding carboxylic acids is 1. The average molecular weight is 321 g/mol. The van der Waals surface area contributed by atoms with Crippen molar-refractivity contribution < 1.29 is 9.32 Å². The SMILES string of the molecule is Cc1csc(-c2noc(C3CCN(C(=O)N(C)C)CC3)n2)n1. The van der Waals surface area contributed by atoms with E-state index in [-0.39, 0.29) is 11.9 Å². The van der Waals surface area contributed by atoms with Gasteiger partial charge in [-0.1, -0.05) is 5.16 Å². The van der Waals surface area contributed by atoms with Gasteiger partial charge in [-0.2, -0.15) is 4.98 Å². The molecule has 1 aliphatic rings. The van der Waals surface area contributed by atoms with Crippen LogP contribution in [0.15, 0.2) is 9.90 Å². The Morgan fingerprint density at radius 2 is 2.09 bits per heavy atom. The molecule has 0 unspecified atom stereocenters. The molecule has 0 saturated carbocycles. The molecule has 0 N–H and O–H groups in total. The summed E-state index contributed by atoms with van der Waals surface area (Å²) in [6.45, 7) is 3.38. The highest BCUT2D eigenvalue weighted by Gasteiger charge is 2.28. The van der Waals surface area contributed by atoms with Crippen molar-refractivity contribution in [3.8, 4) is 10.8 Å². The minimum atomic E-state index is 0.0583. The number of aromatic nitrogens is 3. The van der Waals surface area contributed by atoms with Crippen LogP contribution in [0.25, 0.3) is 10.8 Å². The Morgan fingerprint density at radius 1 is 1.36 bits per heavy atom. The standard InChI is InChI=1S/C14H19N5O2S/c1-9-8-22-13(15-9)11-16-12(21-17-11)10-4-6-19(7-5-10)14(20)18(2)3/h8,10H,4-7H2,1-3H3. The van der Waals surface area contributed by atoms with Crippen molar-refractivity contribution in [1.82, 2.24) is 24.9 Å². The summed E-state index contributed by atoms with van der Waals surface area (Å²) in [6, 6.07) is 0.0583. The van der Waals surface area contributed by atoms with E-state index < -0.39 is 0 Å². The first-order chi connectivity index (χ1) is 10.5. The maximum absolute atomic E-state index is 11.9. The molecule has 22 heavy (non-hydrogen) atoms. The highest BCUT2D eigenvalue weighted by Crippen LogP contribution is 2.29. The molecular formula is C14H19N5O2S. The van der Waals surface area contributed by atoms with E-state index in [0.717, 1.165) is 36.6 Å². The van der Waals surface area contributed by atoms with Crippen molar-refractivity contribution in [3.05, 3.63) is 17.0 Å². The highest BCUT2D eigenvalue weighted by atomic mass is 32.1. The number of nitrogens with zero attached hydrogens (tertiary/aromatic N) is 5. The largest absolute Gasteiger partial charge is 0.339 e. The minimum Gasteiger partial charge on any atom is -0.339 e. The van der Waals surface area contributed by atoms with Gasteiger partial charge in [-0.05, 0) is 19.8 Å². The number of rotatable bonds is 2. The monoisotopic (exact) mass is 321 g/mol. The van der Waals surface area contributed by atoms with Gasteiger partial charge in [0.1, 0.15) is 0 Å². The Kier molecular flexibility index (Phi) is 4.10. The Bertz CT molecular complexity index is 658. The lowest BCUT2D eigenvalue weighted by atomic mass is 9.97. The molecule has 3 rings (SSSR count). The molecule has 0 atom stereocenters. The van der Waals surface area contributed by atoms with Crippen molar-refractivity contribution in [2.75, 3.05) is 27.2 Å². The van der Waals surface area contributed by atoms with Gasteiger partial charge in [0.2, 0.25) is 11.7 Å². The Balaban J connectivity index is 1.65. The van der Waals surface area contributed by atoms with Crippen molar-refractivity contribution in [2.45, 2.75) is 25.7 Å². The molecule has 8 heteroatoms. The lowest BCUT2D eigenvalue weighted by molar-refractivity contribution is 0.152. The summed E-state index contributed by atoms with van der Waals surface area (Å²) in [7, 11) is 3.55. The second-order valence-electron chi connectivity index (χ2n) is 5.69. The van der Waals surface area contributed by atoms with E-state index in [0.29, 0.717) is 11.7 Å². The van der Waals surface area contributed by atoms with Crippen LogP contribution >= 0.6 is 11.3 Å². The van der Waals surface area contributed by atoms with Gasteiger partial charge in [0.25, 0.3) is 0 Å². The third-order valence-corrected chi connectivity index (χ3v) is 4.71. The first kappa shape index (κ1) is 15.0. The van der Waals surface area contributed by atoms with Gasteiger partial charge in [0, 0.05) is 44.2 Å². The van der Waals surface area contributed by atoms with E-state index in [1.165, 1.54) is 11.3 Å². The molecule has 0 aromatic carbocycles. The summed E-state index contributed by atoms with van der Waals surface area (Å²) in [5, 5.41) is 6.78. The predicted molar refractivity (Wildman–Crippen MR) is 82.8 cm³/mol. The molecule has 2 aromatic heterocycles. The first-order valence-electron chi connectivity index (χ1n) is 7.27. The molecule has 7 nitrogen and oxygen atoms in total. The van der Waals surface area contributed by atoms with Crippen LogP contribution in [0.3, 0.4) is 0 Å². The number of likely N-dealkylation sites (tertiary alicyclic amines) is 1. The van der Waals surface area contributed by atoms with E-state index in [1.807, 2.05) is 17.2 Å². The maximum atomic E-state index is 11.9. The Labute approximate surface area is 132 Å². The molecular weight excluding hydrogens is 302 g/mol. The second kappa shape index (κ2) is 6.04.